The third-order valence-electron chi connectivity index (χ3n) is 5.12. The first-order valence-electron chi connectivity index (χ1n) is 10.5. The molecule has 0 fully saturated rings. The number of aromatic nitrogens is 4. The molecule has 0 atom stereocenters. The molecular formula is C23H16Cl4N6O4. The van der Waals surface area contributed by atoms with Crippen LogP contribution in [0.4, 0.5) is 23.0 Å². The fraction of sp³-hybridized carbons (Fsp3) is 0.130. The number of fused-ring (bicyclic) bond motifs is 2. The monoisotopic (exact) mass is 580 g/mol. The first-order valence-corrected chi connectivity index (χ1v) is 12.1. The SMILES string of the molecule is CN(c1ccnc(Cl)n1)c1c(Cl)ccc2c1OCO2.Clc1nccc(Nc2c(Cl)ccc3c2OCO3)n1. The Labute approximate surface area is 231 Å². The van der Waals surface area contributed by atoms with Crippen LogP contribution in [0.3, 0.4) is 0 Å². The minimum absolute atomic E-state index is 0.154. The second-order valence-corrected chi connectivity index (χ2v) is 8.86. The van der Waals surface area contributed by atoms with Gasteiger partial charge in [0.2, 0.25) is 24.2 Å². The Morgan fingerprint density at radius 1 is 0.730 bits per heavy atom. The molecular weight excluding hydrogens is 566 g/mol. The van der Waals surface area contributed by atoms with Crippen molar-refractivity contribution in [2.45, 2.75) is 0 Å². The highest BCUT2D eigenvalue weighted by Crippen LogP contribution is 2.47. The van der Waals surface area contributed by atoms with E-state index in [1.807, 2.05) is 7.05 Å². The normalized spacial score (nSPS) is 12.6. The van der Waals surface area contributed by atoms with Gasteiger partial charge in [0.1, 0.15) is 23.0 Å². The first-order chi connectivity index (χ1) is 17.9. The predicted octanol–water partition coefficient (Wildman–Crippen LogP) is 6.54. The Bertz CT molecular complexity index is 1460. The van der Waals surface area contributed by atoms with Crippen molar-refractivity contribution in [3.8, 4) is 23.0 Å². The first kappa shape index (κ1) is 25.2. The molecule has 0 unspecified atom stereocenters. The molecule has 0 bridgehead atoms. The molecule has 2 aliphatic heterocycles. The van der Waals surface area contributed by atoms with Crippen molar-refractivity contribution in [1.82, 2.24) is 19.9 Å². The van der Waals surface area contributed by atoms with E-state index in [1.165, 1.54) is 0 Å². The van der Waals surface area contributed by atoms with Gasteiger partial charge in [0.25, 0.3) is 0 Å². The molecule has 0 amide bonds. The maximum absolute atomic E-state index is 6.24. The lowest BCUT2D eigenvalue weighted by atomic mass is 10.2. The molecule has 0 aliphatic carbocycles. The van der Waals surface area contributed by atoms with Crippen molar-refractivity contribution in [2.24, 2.45) is 0 Å². The summed E-state index contributed by atoms with van der Waals surface area (Å²) in [6.45, 7) is 0.357. The van der Waals surface area contributed by atoms with Crippen LogP contribution in [0.5, 0.6) is 23.0 Å². The standard InChI is InChI=1S/C12H9Cl2N3O2.C11H7Cl2N3O2/c1-17(9-4-5-15-12(14)16-9)10-7(13)2-3-8-11(10)19-6-18-8;12-6-1-2-7-10(18-5-17-7)9(6)15-8-3-4-14-11(13)16-8/h2-5H,6H2,1H3;1-4H,5H2,(H,14,15,16). The van der Waals surface area contributed by atoms with E-state index >= 15 is 0 Å². The van der Waals surface area contributed by atoms with E-state index < -0.39 is 0 Å². The molecule has 14 heteroatoms. The number of hydrogen-bond donors (Lipinski definition) is 1. The van der Waals surface area contributed by atoms with Crippen LogP contribution in [-0.2, 0) is 0 Å². The summed E-state index contributed by atoms with van der Waals surface area (Å²) in [5.41, 5.74) is 1.29. The number of ether oxygens (including phenoxy) is 4. The third kappa shape index (κ3) is 5.47. The van der Waals surface area contributed by atoms with Gasteiger partial charge in [0.15, 0.2) is 23.0 Å². The van der Waals surface area contributed by atoms with Gasteiger partial charge in [0.05, 0.1) is 10.0 Å². The van der Waals surface area contributed by atoms with E-state index in [-0.39, 0.29) is 24.2 Å². The molecule has 1 N–H and O–H groups in total. The zero-order chi connectivity index (χ0) is 25.9. The predicted molar refractivity (Wildman–Crippen MR) is 141 cm³/mol. The molecule has 190 valence electrons. The number of rotatable bonds is 4. The average molecular weight is 582 g/mol. The molecule has 0 spiro atoms. The van der Waals surface area contributed by atoms with E-state index in [4.69, 9.17) is 65.4 Å². The largest absolute Gasteiger partial charge is 0.454 e. The van der Waals surface area contributed by atoms with Crippen LogP contribution in [-0.4, -0.2) is 40.6 Å². The maximum Gasteiger partial charge on any atom is 0.231 e. The van der Waals surface area contributed by atoms with Crippen molar-refractivity contribution in [3.63, 3.8) is 0 Å². The Morgan fingerprint density at radius 2 is 1.35 bits per heavy atom. The summed E-state index contributed by atoms with van der Waals surface area (Å²) in [6, 6.07) is 10.4. The van der Waals surface area contributed by atoms with Crippen molar-refractivity contribution >= 4 is 69.4 Å². The highest BCUT2D eigenvalue weighted by Gasteiger charge is 2.24. The van der Waals surface area contributed by atoms with Gasteiger partial charge in [-0.1, -0.05) is 23.2 Å². The van der Waals surface area contributed by atoms with Crippen LogP contribution < -0.4 is 29.2 Å². The number of halogens is 4. The Balaban J connectivity index is 0.000000152. The highest BCUT2D eigenvalue weighted by molar-refractivity contribution is 6.34. The van der Waals surface area contributed by atoms with Crippen LogP contribution in [0.15, 0.2) is 48.8 Å². The number of anilines is 4. The second-order valence-electron chi connectivity index (χ2n) is 7.36. The van der Waals surface area contributed by atoms with E-state index in [2.05, 4.69) is 25.3 Å². The summed E-state index contributed by atoms with van der Waals surface area (Å²) in [6.07, 6.45) is 3.13. The molecule has 0 saturated heterocycles. The number of benzene rings is 2. The van der Waals surface area contributed by atoms with Crippen LogP contribution >= 0.6 is 46.4 Å². The molecule has 2 aliphatic rings. The van der Waals surface area contributed by atoms with Crippen molar-refractivity contribution in [2.75, 3.05) is 30.9 Å². The summed E-state index contributed by atoms with van der Waals surface area (Å²) in [4.78, 5) is 17.6. The van der Waals surface area contributed by atoms with E-state index in [0.29, 0.717) is 56.1 Å². The highest BCUT2D eigenvalue weighted by atomic mass is 35.5. The summed E-state index contributed by atoms with van der Waals surface area (Å²) in [7, 11) is 1.82. The van der Waals surface area contributed by atoms with Crippen LogP contribution in [0.25, 0.3) is 0 Å². The van der Waals surface area contributed by atoms with Gasteiger partial charge in [-0.15, -0.1) is 0 Å². The molecule has 37 heavy (non-hydrogen) atoms. The third-order valence-corrected chi connectivity index (χ3v) is 6.11. The van der Waals surface area contributed by atoms with E-state index in [1.54, 1.807) is 53.7 Å². The minimum atomic E-state index is 0.154. The Kier molecular flexibility index (Phi) is 7.43. The lowest BCUT2D eigenvalue weighted by molar-refractivity contribution is 0.174. The zero-order valence-corrected chi connectivity index (χ0v) is 21.9. The number of nitrogens with one attached hydrogen (secondary N) is 1. The Morgan fingerprint density at radius 3 is 2.05 bits per heavy atom. The lowest BCUT2D eigenvalue weighted by Gasteiger charge is -2.20. The fourth-order valence-corrected chi connectivity index (χ4v) is 4.23. The molecule has 4 aromatic rings. The molecule has 0 saturated carbocycles. The van der Waals surface area contributed by atoms with Gasteiger partial charge in [0, 0.05) is 19.4 Å². The lowest BCUT2D eigenvalue weighted by Crippen LogP contribution is -2.12. The smallest absolute Gasteiger partial charge is 0.231 e. The van der Waals surface area contributed by atoms with Gasteiger partial charge in [-0.3, -0.25) is 0 Å². The second kappa shape index (κ2) is 10.9. The fourth-order valence-electron chi connectivity index (χ4n) is 3.47. The zero-order valence-electron chi connectivity index (χ0n) is 18.9. The Hall–Kier alpha value is -3.44. The number of hydrogen-bond acceptors (Lipinski definition) is 10. The van der Waals surface area contributed by atoms with Crippen molar-refractivity contribution in [1.29, 1.82) is 0 Å². The summed E-state index contributed by atoms with van der Waals surface area (Å²) in [5, 5.41) is 4.42. The maximum atomic E-state index is 6.24. The topological polar surface area (TPSA) is 104 Å². The van der Waals surface area contributed by atoms with Crippen LogP contribution in [0, 0.1) is 0 Å². The van der Waals surface area contributed by atoms with Gasteiger partial charge < -0.3 is 29.2 Å². The summed E-state index contributed by atoms with van der Waals surface area (Å²) >= 11 is 23.9. The molecule has 2 aromatic heterocycles. The van der Waals surface area contributed by atoms with Crippen LogP contribution in [0.1, 0.15) is 0 Å². The van der Waals surface area contributed by atoms with E-state index in [0.717, 1.165) is 0 Å². The molecule has 4 heterocycles. The minimum Gasteiger partial charge on any atom is -0.454 e. The van der Waals surface area contributed by atoms with Crippen molar-refractivity contribution in [3.05, 3.63) is 69.4 Å². The van der Waals surface area contributed by atoms with Gasteiger partial charge in [-0.25, -0.2) is 19.9 Å². The van der Waals surface area contributed by atoms with Gasteiger partial charge >= 0.3 is 0 Å². The molecule has 0 radical (unpaired) electrons. The van der Waals surface area contributed by atoms with Crippen molar-refractivity contribution < 1.29 is 18.9 Å². The summed E-state index contributed by atoms with van der Waals surface area (Å²) in [5.74, 6) is 3.61. The van der Waals surface area contributed by atoms with Crippen LogP contribution in [0.2, 0.25) is 20.6 Å². The quantitative estimate of drug-likeness (QED) is 0.267. The van der Waals surface area contributed by atoms with Gasteiger partial charge in [-0.2, -0.15) is 0 Å². The molecule has 10 nitrogen and oxygen atoms in total. The van der Waals surface area contributed by atoms with Gasteiger partial charge in [-0.05, 0) is 59.6 Å². The van der Waals surface area contributed by atoms with E-state index in [9.17, 15) is 0 Å². The molecule has 6 rings (SSSR count). The summed E-state index contributed by atoms with van der Waals surface area (Å²) < 4.78 is 21.4. The average Bonchev–Trinajstić information content (AvgIpc) is 3.56. The molecule has 2 aromatic carbocycles. The number of nitrogens with zero attached hydrogens (tertiary/aromatic N) is 5.